The van der Waals surface area contributed by atoms with Crippen LogP contribution in [0.2, 0.25) is 0 Å². The van der Waals surface area contributed by atoms with Gasteiger partial charge in [0.2, 0.25) is 10.0 Å². The molecule has 0 heterocycles. The van der Waals surface area contributed by atoms with E-state index in [0.717, 1.165) is 9.87 Å². The minimum atomic E-state index is -3.88. The number of nitrogens with zero attached hydrogens (tertiary/aromatic N) is 1. The van der Waals surface area contributed by atoms with Gasteiger partial charge in [0.05, 0.1) is 11.4 Å². The van der Waals surface area contributed by atoms with Gasteiger partial charge in [-0.15, -0.1) is 0 Å². The van der Waals surface area contributed by atoms with E-state index in [9.17, 15) is 17.2 Å². The van der Waals surface area contributed by atoms with Crippen LogP contribution in [0.3, 0.4) is 0 Å². The summed E-state index contributed by atoms with van der Waals surface area (Å²) in [7, 11) is -3.88. The maximum absolute atomic E-state index is 12.5. The fourth-order valence-electron chi connectivity index (χ4n) is 1.79. The molecule has 0 aliphatic rings. The zero-order chi connectivity index (χ0) is 14.6. The molecule has 3 nitrogen and oxygen atoms in total. The van der Waals surface area contributed by atoms with Crippen molar-refractivity contribution in [3.05, 3.63) is 29.3 Å². The third kappa shape index (κ3) is 4.22. The number of hydrogen-bond donors (Lipinski definition) is 0. The summed E-state index contributed by atoms with van der Waals surface area (Å²) < 4.78 is 50.5. The van der Waals surface area contributed by atoms with Crippen LogP contribution in [0.4, 0.5) is 8.78 Å². The maximum atomic E-state index is 12.5. The Morgan fingerprint density at radius 2 is 1.95 bits per heavy atom. The molecule has 0 radical (unpaired) electrons. The van der Waals surface area contributed by atoms with Gasteiger partial charge >= 0.3 is 0 Å². The highest BCUT2D eigenvalue weighted by atomic mass is 79.9. The fraction of sp³-hybridized carbons (Fsp3) is 0.500. The quantitative estimate of drug-likeness (QED) is 0.735. The molecule has 1 rings (SSSR count). The largest absolute Gasteiger partial charge is 0.252 e. The molecular weight excluding hydrogens is 340 g/mol. The highest BCUT2D eigenvalue weighted by Crippen LogP contribution is 2.21. The van der Waals surface area contributed by atoms with Crippen LogP contribution in [-0.2, 0) is 10.0 Å². The van der Waals surface area contributed by atoms with Gasteiger partial charge in [-0.05, 0) is 25.5 Å². The van der Waals surface area contributed by atoms with Crippen molar-refractivity contribution in [3.63, 3.8) is 0 Å². The minimum absolute atomic E-state index is 0.0139. The first-order chi connectivity index (χ1) is 8.78. The van der Waals surface area contributed by atoms with Gasteiger partial charge in [0.25, 0.3) is 6.43 Å². The van der Waals surface area contributed by atoms with Gasteiger partial charge in [-0.2, -0.15) is 4.31 Å². The molecular formula is C12H16BrF2NO2S. The van der Waals surface area contributed by atoms with Crippen molar-refractivity contribution in [1.29, 1.82) is 0 Å². The van der Waals surface area contributed by atoms with E-state index in [1.54, 1.807) is 19.1 Å². The first-order valence-corrected chi connectivity index (χ1v) is 8.26. The zero-order valence-corrected chi connectivity index (χ0v) is 13.1. The van der Waals surface area contributed by atoms with Crippen molar-refractivity contribution >= 4 is 26.0 Å². The Bertz CT molecular complexity index is 535. The lowest BCUT2D eigenvalue weighted by molar-refractivity contribution is 0.121. The first-order valence-electron chi connectivity index (χ1n) is 5.70. The first kappa shape index (κ1) is 16.5. The molecule has 0 saturated heterocycles. The molecule has 0 aliphatic carbocycles. The Morgan fingerprint density at radius 3 is 2.42 bits per heavy atom. The average Bonchev–Trinajstić information content (AvgIpc) is 2.27. The number of sulfonamides is 1. The average molecular weight is 356 g/mol. The predicted molar refractivity (Wildman–Crippen MR) is 74.5 cm³/mol. The molecule has 0 atom stereocenters. The Labute approximate surface area is 120 Å². The summed E-state index contributed by atoms with van der Waals surface area (Å²) >= 11 is 3.08. The van der Waals surface area contributed by atoms with Gasteiger partial charge in [-0.1, -0.05) is 33.6 Å². The van der Waals surface area contributed by atoms with E-state index in [0.29, 0.717) is 10.9 Å². The van der Waals surface area contributed by atoms with E-state index >= 15 is 0 Å². The Kier molecular flexibility index (Phi) is 5.88. The lowest BCUT2D eigenvalue weighted by Gasteiger charge is -2.22. The number of alkyl halides is 3. The number of halogens is 3. The summed E-state index contributed by atoms with van der Waals surface area (Å²) in [5, 5.41) is 0.309. The Hall–Kier alpha value is -0.530. The van der Waals surface area contributed by atoms with Gasteiger partial charge in [-0.25, -0.2) is 17.2 Å². The molecule has 1 aromatic carbocycles. The predicted octanol–water partition coefficient (Wildman–Crippen LogP) is 2.95. The van der Waals surface area contributed by atoms with E-state index in [-0.39, 0.29) is 11.4 Å². The van der Waals surface area contributed by atoms with Crippen LogP contribution >= 0.6 is 15.9 Å². The van der Waals surface area contributed by atoms with Crippen LogP contribution in [0.5, 0.6) is 0 Å². The molecule has 0 bridgehead atoms. The van der Waals surface area contributed by atoms with Crippen molar-refractivity contribution in [1.82, 2.24) is 4.31 Å². The Morgan fingerprint density at radius 1 is 1.32 bits per heavy atom. The van der Waals surface area contributed by atoms with E-state index < -0.39 is 23.0 Å². The molecule has 7 heteroatoms. The topological polar surface area (TPSA) is 37.4 Å². The summed E-state index contributed by atoms with van der Waals surface area (Å²) in [6.45, 7) is 2.73. The SMILES string of the molecule is Cc1ccc(S(=O)(=O)N(CCBr)CC(F)F)c(C)c1. The summed E-state index contributed by atoms with van der Waals surface area (Å²) in [5.74, 6) is 0. The van der Waals surface area contributed by atoms with Crippen molar-refractivity contribution in [2.75, 3.05) is 18.4 Å². The fourth-order valence-corrected chi connectivity index (χ4v) is 4.07. The zero-order valence-electron chi connectivity index (χ0n) is 10.7. The van der Waals surface area contributed by atoms with E-state index in [4.69, 9.17) is 0 Å². The van der Waals surface area contributed by atoms with Gasteiger partial charge in [0.1, 0.15) is 0 Å². The third-order valence-electron chi connectivity index (χ3n) is 2.62. The molecule has 19 heavy (non-hydrogen) atoms. The van der Waals surface area contributed by atoms with Crippen LogP contribution in [0.25, 0.3) is 0 Å². The van der Waals surface area contributed by atoms with Crippen LogP contribution < -0.4 is 0 Å². The number of rotatable bonds is 6. The molecule has 0 fully saturated rings. The lowest BCUT2D eigenvalue weighted by atomic mass is 10.2. The minimum Gasteiger partial charge on any atom is -0.209 e. The summed E-state index contributed by atoms with van der Waals surface area (Å²) in [6, 6.07) is 4.85. The lowest BCUT2D eigenvalue weighted by Crippen LogP contribution is -2.36. The normalized spacial score (nSPS) is 12.4. The molecule has 0 N–H and O–H groups in total. The van der Waals surface area contributed by atoms with Crippen LogP contribution in [-0.4, -0.2) is 37.6 Å². The van der Waals surface area contributed by atoms with Crippen molar-refractivity contribution in [3.8, 4) is 0 Å². The van der Waals surface area contributed by atoms with Crippen molar-refractivity contribution in [2.45, 2.75) is 25.2 Å². The third-order valence-corrected chi connectivity index (χ3v) is 5.00. The van der Waals surface area contributed by atoms with Crippen LogP contribution in [0, 0.1) is 13.8 Å². The second kappa shape index (κ2) is 6.76. The van der Waals surface area contributed by atoms with Gasteiger partial charge in [0, 0.05) is 11.9 Å². The molecule has 0 unspecified atom stereocenters. The molecule has 0 amide bonds. The standard InChI is InChI=1S/C12H16BrF2NO2S/c1-9-3-4-11(10(2)7-9)19(17,18)16(6-5-13)8-12(14)15/h3-4,7,12H,5-6,8H2,1-2H3. The Balaban J connectivity index is 3.18. The van der Waals surface area contributed by atoms with Crippen molar-refractivity contribution < 1.29 is 17.2 Å². The molecule has 108 valence electrons. The highest BCUT2D eigenvalue weighted by molar-refractivity contribution is 9.09. The van der Waals surface area contributed by atoms with Gasteiger partial charge in [-0.3, -0.25) is 0 Å². The summed E-state index contributed by atoms with van der Waals surface area (Å²) in [4.78, 5) is 0.0831. The van der Waals surface area contributed by atoms with E-state index in [1.807, 2.05) is 6.92 Å². The number of aryl methyl sites for hydroxylation is 2. The molecule has 0 spiro atoms. The van der Waals surface area contributed by atoms with Crippen LogP contribution in [0.15, 0.2) is 23.1 Å². The van der Waals surface area contributed by atoms with Gasteiger partial charge in [0.15, 0.2) is 0 Å². The number of hydrogen-bond acceptors (Lipinski definition) is 2. The molecule has 1 aromatic rings. The smallest absolute Gasteiger partial charge is 0.209 e. The monoisotopic (exact) mass is 355 g/mol. The number of benzene rings is 1. The maximum Gasteiger partial charge on any atom is 0.252 e. The van der Waals surface area contributed by atoms with Crippen molar-refractivity contribution in [2.24, 2.45) is 0 Å². The van der Waals surface area contributed by atoms with Crippen LogP contribution in [0.1, 0.15) is 11.1 Å². The molecule has 0 aliphatic heterocycles. The van der Waals surface area contributed by atoms with E-state index in [1.165, 1.54) is 6.07 Å². The molecule has 0 saturated carbocycles. The second-order valence-corrected chi connectivity index (χ2v) is 6.91. The summed E-state index contributed by atoms with van der Waals surface area (Å²) in [6.07, 6.45) is -2.69. The summed E-state index contributed by atoms with van der Waals surface area (Å²) in [5.41, 5.74) is 1.49. The van der Waals surface area contributed by atoms with Gasteiger partial charge < -0.3 is 0 Å². The second-order valence-electron chi connectivity index (χ2n) is 4.21. The van der Waals surface area contributed by atoms with E-state index in [2.05, 4.69) is 15.9 Å². The molecule has 0 aromatic heterocycles. The highest BCUT2D eigenvalue weighted by Gasteiger charge is 2.27.